The average Bonchev–Trinajstić information content (AvgIpc) is 3.18. The molecule has 2 aromatic rings. The lowest BCUT2D eigenvalue weighted by atomic mass is 10.2. The number of aryl methyl sites for hydroxylation is 1. The fourth-order valence-electron chi connectivity index (χ4n) is 4.08. The van der Waals surface area contributed by atoms with E-state index in [1.807, 2.05) is 27.7 Å². The molecule has 1 aliphatic rings. The van der Waals surface area contributed by atoms with Gasteiger partial charge in [0.25, 0.3) is 11.5 Å². The van der Waals surface area contributed by atoms with E-state index in [2.05, 4.69) is 0 Å². The second-order valence-corrected chi connectivity index (χ2v) is 9.96. The maximum Gasteiger partial charge on any atom is 0.616 e. The molecule has 0 aliphatic carbocycles. The number of aliphatic hydroxyl groups excluding tert-OH is 1. The molecule has 10 nitrogen and oxygen atoms in total. The van der Waals surface area contributed by atoms with Crippen LogP contribution in [0.4, 0.5) is 0 Å². The molecule has 1 aromatic heterocycles. The van der Waals surface area contributed by atoms with E-state index in [0.717, 1.165) is 4.57 Å². The number of aromatic nitrogens is 2. The Kier molecular flexibility index (Phi) is 8.33. The number of carbonyl (C=O) groups is 1. The number of nitrogens with zero attached hydrogens (tertiary/aromatic N) is 3. The average molecular weight is 492 g/mol. The van der Waals surface area contributed by atoms with E-state index < -0.39 is 50.4 Å². The third kappa shape index (κ3) is 5.26. The fraction of sp³-hybridized carbons (Fsp3) is 0.522. The van der Waals surface area contributed by atoms with Crippen molar-refractivity contribution in [3.05, 3.63) is 68.5 Å². The molecule has 0 amide bonds. The van der Waals surface area contributed by atoms with Crippen molar-refractivity contribution in [3.63, 3.8) is 0 Å². The van der Waals surface area contributed by atoms with E-state index in [0.29, 0.717) is 4.57 Å². The molecule has 1 unspecified atom stereocenters. The topological polar surface area (TPSA) is 120 Å². The number of aliphatic hydroxyl groups is 1. The third-order valence-corrected chi connectivity index (χ3v) is 7.40. The molecule has 1 fully saturated rings. The van der Waals surface area contributed by atoms with Gasteiger partial charge in [0.2, 0.25) is 0 Å². The SMILES string of the molecule is Cc1cn([C@H]2C[C@H](O[P+](=O)N(C(C)C)C(C)C)[C@@H](CO)O2)c(=O)n(C(=O)c2ccccc2)c1=O. The van der Waals surface area contributed by atoms with Gasteiger partial charge in [0.1, 0.15) is 18.4 Å². The highest BCUT2D eigenvalue weighted by Crippen LogP contribution is 2.40. The molecule has 0 saturated carbocycles. The predicted molar refractivity (Wildman–Crippen MR) is 126 cm³/mol. The van der Waals surface area contributed by atoms with E-state index in [1.165, 1.54) is 25.3 Å². The van der Waals surface area contributed by atoms with Gasteiger partial charge in [-0.05, 0) is 51.3 Å². The Morgan fingerprint density at radius 2 is 1.82 bits per heavy atom. The van der Waals surface area contributed by atoms with Crippen molar-refractivity contribution in [1.82, 2.24) is 13.8 Å². The van der Waals surface area contributed by atoms with Crippen LogP contribution in [0.2, 0.25) is 0 Å². The van der Waals surface area contributed by atoms with Crippen LogP contribution in [-0.2, 0) is 13.8 Å². The molecular weight excluding hydrogens is 461 g/mol. The minimum Gasteiger partial charge on any atom is -0.394 e. The second kappa shape index (κ2) is 10.8. The van der Waals surface area contributed by atoms with Crippen molar-refractivity contribution in [2.75, 3.05) is 6.61 Å². The summed E-state index contributed by atoms with van der Waals surface area (Å²) >= 11 is 0. The molecule has 1 N–H and O–H groups in total. The van der Waals surface area contributed by atoms with E-state index in [-0.39, 0.29) is 29.6 Å². The zero-order valence-electron chi connectivity index (χ0n) is 20.0. The minimum atomic E-state index is -2.22. The Balaban J connectivity index is 1.93. The van der Waals surface area contributed by atoms with Crippen LogP contribution in [0.25, 0.3) is 0 Å². The lowest BCUT2D eigenvalue weighted by molar-refractivity contribution is -0.0426. The Morgan fingerprint density at radius 3 is 2.38 bits per heavy atom. The van der Waals surface area contributed by atoms with E-state index in [1.54, 1.807) is 22.9 Å². The van der Waals surface area contributed by atoms with Gasteiger partial charge in [-0.15, -0.1) is 4.52 Å². The molecular formula is C23H31N3O7P+. The van der Waals surface area contributed by atoms with Gasteiger partial charge >= 0.3 is 13.9 Å². The van der Waals surface area contributed by atoms with Crippen molar-refractivity contribution in [2.45, 2.75) is 71.6 Å². The summed E-state index contributed by atoms with van der Waals surface area (Å²) < 4.78 is 28.0. The van der Waals surface area contributed by atoms with E-state index >= 15 is 0 Å². The van der Waals surface area contributed by atoms with Crippen molar-refractivity contribution >= 4 is 14.1 Å². The number of ether oxygens (including phenoxy) is 1. The summed E-state index contributed by atoms with van der Waals surface area (Å²) in [5, 5.41) is 9.82. The van der Waals surface area contributed by atoms with Gasteiger partial charge < -0.3 is 9.84 Å². The number of hydrogen-bond donors (Lipinski definition) is 1. The summed E-state index contributed by atoms with van der Waals surface area (Å²) in [4.78, 5) is 38.8. The molecule has 184 valence electrons. The number of carbonyl (C=O) groups excluding carboxylic acids is 1. The first-order valence-electron chi connectivity index (χ1n) is 11.2. The highest BCUT2D eigenvalue weighted by Gasteiger charge is 2.46. The molecule has 4 atom stereocenters. The van der Waals surface area contributed by atoms with Gasteiger partial charge in [0.05, 0.1) is 18.7 Å². The molecule has 34 heavy (non-hydrogen) atoms. The van der Waals surface area contributed by atoms with Gasteiger partial charge in [-0.2, -0.15) is 4.57 Å². The van der Waals surface area contributed by atoms with Crippen LogP contribution >= 0.6 is 8.18 Å². The highest BCUT2D eigenvalue weighted by molar-refractivity contribution is 7.36. The highest BCUT2D eigenvalue weighted by atomic mass is 31.1. The van der Waals surface area contributed by atoms with Gasteiger partial charge in [-0.3, -0.25) is 14.2 Å². The fourth-order valence-corrected chi connectivity index (χ4v) is 5.40. The van der Waals surface area contributed by atoms with Gasteiger partial charge in [-0.1, -0.05) is 22.9 Å². The van der Waals surface area contributed by atoms with Gasteiger partial charge in [-0.25, -0.2) is 4.79 Å². The standard InChI is InChI=1S/C23H31N3O7P/c1-14(2)26(15(3)4)34(31)33-18-11-20(32-19(18)13-27)24-12-16(5)21(28)25(23(24)30)22(29)17-9-7-6-8-10-17/h6-10,12,14-15,18-20,27H,11,13H2,1-5H3/q+1/t18-,19+,20+/m0/s1. The lowest BCUT2D eigenvalue weighted by Crippen LogP contribution is -2.45. The maximum atomic E-state index is 13.2. The normalized spacial score (nSPS) is 21.0. The first-order chi connectivity index (χ1) is 16.1. The van der Waals surface area contributed by atoms with E-state index in [4.69, 9.17) is 9.26 Å². The molecule has 0 spiro atoms. The number of hydrogen-bond acceptors (Lipinski definition) is 7. The summed E-state index contributed by atoms with van der Waals surface area (Å²) in [6.45, 7) is 8.71. The third-order valence-electron chi connectivity index (χ3n) is 5.65. The monoisotopic (exact) mass is 492 g/mol. The molecule has 1 aliphatic heterocycles. The summed E-state index contributed by atoms with van der Waals surface area (Å²) in [6.07, 6.45) is -1.07. The summed E-state index contributed by atoms with van der Waals surface area (Å²) in [5.74, 6) is -0.745. The lowest BCUT2D eigenvalue weighted by Gasteiger charge is -2.19. The quantitative estimate of drug-likeness (QED) is 0.558. The number of benzene rings is 1. The molecule has 1 saturated heterocycles. The van der Waals surface area contributed by atoms with Crippen LogP contribution in [0.3, 0.4) is 0 Å². The Hall–Kier alpha value is -2.49. The molecule has 0 bridgehead atoms. The first-order valence-corrected chi connectivity index (χ1v) is 12.3. The predicted octanol–water partition coefficient (Wildman–Crippen LogP) is 2.45. The summed E-state index contributed by atoms with van der Waals surface area (Å²) in [7, 11) is -2.22. The van der Waals surface area contributed by atoms with E-state index in [9.17, 15) is 24.1 Å². The molecule has 3 rings (SSSR count). The minimum absolute atomic E-state index is 0.0351. The second-order valence-electron chi connectivity index (χ2n) is 8.81. The molecule has 2 heterocycles. The van der Waals surface area contributed by atoms with Crippen molar-refractivity contribution in [2.24, 2.45) is 0 Å². The van der Waals surface area contributed by atoms with Crippen LogP contribution in [0.15, 0.2) is 46.1 Å². The van der Waals surface area contributed by atoms with Crippen LogP contribution in [0.1, 0.15) is 56.3 Å². The molecule has 1 aromatic carbocycles. The summed E-state index contributed by atoms with van der Waals surface area (Å²) in [5.41, 5.74) is -1.20. The Morgan fingerprint density at radius 1 is 1.21 bits per heavy atom. The Labute approximate surface area is 198 Å². The van der Waals surface area contributed by atoms with Crippen molar-refractivity contribution in [3.8, 4) is 0 Å². The first kappa shape index (κ1) is 26.1. The zero-order chi connectivity index (χ0) is 25.2. The van der Waals surface area contributed by atoms with Gasteiger partial charge in [0, 0.05) is 23.7 Å². The van der Waals surface area contributed by atoms with Crippen molar-refractivity contribution < 1.29 is 23.7 Å². The summed E-state index contributed by atoms with van der Waals surface area (Å²) in [6, 6.07) is 7.96. The smallest absolute Gasteiger partial charge is 0.394 e. The maximum absolute atomic E-state index is 13.2. The van der Waals surface area contributed by atoms with Crippen LogP contribution in [0, 0.1) is 6.92 Å². The Bertz CT molecular complexity index is 1150. The van der Waals surface area contributed by atoms with Crippen LogP contribution in [0.5, 0.6) is 0 Å². The van der Waals surface area contributed by atoms with Gasteiger partial charge in [0.15, 0.2) is 0 Å². The molecule has 11 heteroatoms. The largest absolute Gasteiger partial charge is 0.616 e. The molecule has 0 radical (unpaired) electrons. The van der Waals surface area contributed by atoms with Crippen LogP contribution in [-0.4, -0.2) is 55.7 Å². The van der Waals surface area contributed by atoms with Crippen molar-refractivity contribution in [1.29, 1.82) is 0 Å². The zero-order valence-corrected chi connectivity index (χ0v) is 20.8. The number of rotatable bonds is 8. The van der Waals surface area contributed by atoms with Crippen LogP contribution < -0.4 is 11.2 Å².